The molecule has 2 aromatic rings. The third kappa shape index (κ3) is 4.20. The van der Waals surface area contributed by atoms with Crippen LogP contribution in [0.1, 0.15) is 5.56 Å². The van der Waals surface area contributed by atoms with Crippen LogP contribution in [-0.4, -0.2) is 19.2 Å². The average Bonchev–Trinajstić information content (AvgIpc) is 2.48. The highest BCUT2D eigenvalue weighted by Crippen LogP contribution is 2.10. The molecule has 5 nitrogen and oxygen atoms in total. The lowest BCUT2D eigenvalue weighted by Crippen LogP contribution is -2.40. The summed E-state index contributed by atoms with van der Waals surface area (Å²) in [7, 11) is 1.61. The number of ether oxygens (including phenoxy) is 1. The van der Waals surface area contributed by atoms with E-state index in [9.17, 15) is 4.79 Å². The quantitative estimate of drug-likeness (QED) is 0.503. The van der Waals surface area contributed by atoms with Gasteiger partial charge in [0.25, 0.3) is 0 Å². The van der Waals surface area contributed by atoms with Gasteiger partial charge in [-0.15, -0.1) is 0 Å². The largest absolute Gasteiger partial charge is 0.497 e. The number of hydrogen-bond acceptors (Lipinski definition) is 3. The Morgan fingerprint density at radius 1 is 1.30 bits per heavy atom. The molecule has 0 unspecified atom stereocenters. The van der Waals surface area contributed by atoms with Gasteiger partial charge in [-0.1, -0.05) is 18.2 Å². The number of rotatable bonds is 5. The molecule has 1 amide bonds. The molecule has 1 aromatic carbocycles. The molecule has 0 radical (unpaired) electrons. The van der Waals surface area contributed by atoms with Crippen LogP contribution in [0.25, 0.3) is 0 Å². The van der Waals surface area contributed by atoms with E-state index in [1.807, 2.05) is 54.9 Å². The first-order chi connectivity index (χ1) is 9.78. The minimum Gasteiger partial charge on any atom is -0.497 e. The lowest BCUT2D eigenvalue weighted by atomic mass is 10.2. The number of benzene rings is 1. The predicted molar refractivity (Wildman–Crippen MR) is 75.4 cm³/mol. The van der Waals surface area contributed by atoms with Gasteiger partial charge in [0.05, 0.1) is 13.3 Å². The van der Waals surface area contributed by atoms with E-state index in [-0.39, 0.29) is 12.5 Å². The van der Waals surface area contributed by atoms with Crippen molar-refractivity contribution in [2.45, 2.75) is 6.54 Å². The van der Waals surface area contributed by atoms with E-state index in [0.717, 1.165) is 11.3 Å². The van der Waals surface area contributed by atoms with Crippen LogP contribution in [0.3, 0.4) is 0 Å². The molecule has 2 rings (SSSR count). The number of pyridine rings is 1. The van der Waals surface area contributed by atoms with Crippen molar-refractivity contribution in [1.82, 2.24) is 5.43 Å². The number of aromatic nitrogens is 1. The molecule has 1 aromatic heterocycles. The van der Waals surface area contributed by atoms with E-state index in [1.54, 1.807) is 17.9 Å². The van der Waals surface area contributed by atoms with Crippen molar-refractivity contribution in [3.8, 4) is 5.75 Å². The Balaban J connectivity index is 1.88. The van der Waals surface area contributed by atoms with Gasteiger partial charge in [-0.05, 0) is 17.7 Å². The van der Waals surface area contributed by atoms with Crippen LogP contribution in [-0.2, 0) is 11.3 Å². The van der Waals surface area contributed by atoms with Gasteiger partial charge >= 0.3 is 5.91 Å². The van der Waals surface area contributed by atoms with Crippen molar-refractivity contribution >= 4 is 12.1 Å². The Hall–Kier alpha value is -2.69. The molecule has 20 heavy (non-hydrogen) atoms. The van der Waals surface area contributed by atoms with E-state index >= 15 is 0 Å². The smallest absolute Gasteiger partial charge is 0.305 e. The van der Waals surface area contributed by atoms with Gasteiger partial charge in [0.1, 0.15) is 5.75 Å². The average molecular weight is 270 g/mol. The first-order valence-electron chi connectivity index (χ1n) is 6.18. The summed E-state index contributed by atoms with van der Waals surface area (Å²) in [6.07, 6.45) is 5.23. The number of carbonyl (C=O) groups is 1. The van der Waals surface area contributed by atoms with Crippen molar-refractivity contribution in [2.75, 3.05) is 7.11 Å². The van der Waals surface area contributed by atoms with Gasteiger partial charge in [0, 0.05) is 12.1 Å². The molecule has 102 valence electrons. The second-order valence-corrected chi connectivity index (χ2v) is 4.12. The van der Waals surface area contributed by atoms with Crippen molar-refractivity contribution in [1.29, 1.82) is 0 Å². The lowest BCUT2D eigenvalue weighted by Gasteiger charge is -2.00. The number of amides is 1. The molecule has 0 aliphatic carbocycles. The summed E-state index contributed by atoms with van der Waals surface area (Å²) < 4.78 is 6.88. The summed E-state index contributed by atoms with van der Waals surface area (Å²) in [5.41, 5.74) is 3.34. The van der Waals surface area contributed by atoms with Gasteiger partial charge in [-0.3, -0.25) is 4.79 Å². The molecule has 0 spiro atoms. The third-order valence-corrected chi connectivity index (χ3v) is 2.60. The maximum absolute atomic E-state index is 11.7. The standard InChI is InChI=1S/C15H15N3O2/c1-20-14-7-5-6-13(10-14)11-16-17-15(19)12-18-8-3-2-4-9-18/h2-11H,12H2,1H3/p+1/b16-11-. The Bertz CT molecular complexity index is 597. The zero-order valence-corrected chi connectivity index (χ0v) is 11.2. The number of hydrazone groups is 1. The fourth-order valence-corrected chi connectivity index (χ4v) is 1.64. The molecule has 1 N–H and O–H groups in total. The van der Waals surface area contributed by atoms with E-state index in [4.69, 9.17) is 4.74 Å². The van der Waals surface area contributed by atoms with Crippen LogP contribution in [0.2, 0.25) is 0 Å². The normalized spacial score (nSPS) is 10.4. The monoisotopic (exact) mass is 270 g/mol. The van der Waals surface area contributed by atoms with Gasteiger partial charge < -0.3 is 4.74 Å². The SMILES string of the molecule is COc1cccc(/C=N\NC(=O)C[n+]2ccccc2)c1. The van der Waals surface area contributed by atoms with Crippen LogP contribution >= 0.6 is 0 Å². The summed E-state index contributed by atoms with van der Waals surface area (Å²) >= 11 is 0. The number of carbonyl (C=O) groups excluding carboxylic acids is 1. The van der Waals surface area contributed by atoms with E-state index < -0.39 is 0 Å². The zero-order chi connectivity index (χ0) is 14.2. The van der Waals surface area contributed by atoms with Gasteiger partial charge in [0.2, 0.25) is 6.54 Å². The molecule has 0 bridgehead atoms. The molecular formula is C15H16N3O2+. The summed E-state index contributed by atoms with van der Waals surface area (Å²) in [4.78, 5) is 11.7. The topological polar surface area (TPSA) is 54.6 Å². The van der Waals surface area contributed by atoms with E-state index in [1.165, 1.54) is 0 Å². The summed E-state index contributed by atoms with van der Waals surface area (Å²) in [5, 5.41) is 3.92. The van der Waals surface area contributed by atoms with Gasteiger partial charge in [-0.2, -0.15) is 9.67 Å². The molecule has 0 aliphatic rings. The first-order valence-corrected chi connectivity index (χ1v) is 6.18. The van der Waals surface area contributed by atoms with Crippen LogP contribution < -0.4 is 14.7 Å². The molecular weight excluding hydrogens is 254 g/mol. The van der Waals surface area contributed by atoms with Crippen LogP contribution in [0, 0.1) is 0 Å². The van der Waals surface area contributed by atoms with Gasteiger partial charge in [0.15, 0.2) is 12.4 Å². The molecule has 5 heteroatoms. The third-order valence-electron chi connectivity index (χ3n) is 2.60. The second-order valence-electron chi connectivity index (χ2n) is 4.12. The first kappa shape index (κ1) is 13.7. The molecule has 0 fully saturated rings. The van der Waals surface area contributed by atoms with Crippen molar-refractivity contribution < 1.29 is 14.1 Å². The highest BCUT2D eigenvalue weighted by Gasteiger charge is 2.06. The molecule has 0 aliphatic heterocycles. The lowest BCUT2D eigenvalue weighted by molar-refractivity contribution is -0.684. The van der Waals surface area contributed by atoms with Crippen molar-refractivity contribution in [3.05, 3.63) is 60.4 Å². The maximum atomic E-state index is 11.7. The second kappa shape index (κ2) is 7.04. The van der Waals surface area contributed by atoms with Crippen LogP contribution in [0.4, 0.5) is 0 Å². The molecule has 0 saturated heterocycles. The molecule has 0 atom stereocenters. The van der Waals surface area contributed by atoms with Crippen molar-refractivity contribution in [3.63, 3.8) is 0 Å². The Morgan fingerprint density at radius 3 is 2.85 bits per heavy atom. The molecule has 0 saturated carbocycles. The van der Waals surface area contributed by atoms with Gasteiger partial charge in [-0.25, -0.2) is 5.43 Å². The number of nitrogens with one attached hydrogen (secondary N) is 1. The highest BCUT2D eigenvalue weighted by molar-refractivity contribution is 5.82. The summed E-state index contributed by atoms with van der Waals surface area (Å²) in [5.74, 6) is 0.570. The summed E-state index contributed by atoms with van der Waals surface area (Å²) in [6.45, 7) is 0.232. The number of hydrogen-bond donors (Lipinski definition) is 1. The minimum absolute atomic E-state index is 0.180. The maximum Gasteiger partial charge on any atom is 0.305 e. The predicted octanol–water partition coefficient (Wildman–Crippen LogP) is 1.13. The van der Waals surface area contributed by atoms with Crippen molar-refractivity contribution in [2.24, 2.45) is 5.10 Å². The number of methoxy groups -OCH3 is 1. The van der Waals surface area contributed by atoms with E-state index in [0.29, 0.717) is 0 Å². The fraction of sp³-hybridized carbons (Fsp3) is 0.133. The van der Waals surface area contributed by atoms with E-state index in [2.05, 4.69) is 10.5 Å². The Kier molecular flexibility index (Phi) is 4.83. The zero-order valence-electron chi connectivity index (χ0n) is 11.2. The Labute approximate surface area is 117 Å². The fourth-order valence-electron chi connectivity index (χ4n) is 1.64. The minimum atomic E-state index is -0.180. The van der Waals surface area contributed by atoms with Crippen LogP contribution in [0.15, 0.2) is 60.0 Å². The summed E-state index contributed by atoms with van der Waals surface area (Å²) in [6, 6.07) is 13.1. The highest BCUT2D eigenvalue weighted by atomic mass is 16.5. The molecule has 1 heterocycles. The Morgan fingerprint density at radius 2 is 2.10 bits per heavy atom. The number of nitrogens with zero attached hydrogens (tertiary/aromatic N) is 2. The van der Waals surface area contributed by atoms with Crippen LogP contribution in [0.5, 0.6) is 5.75 Å².